The van der Waals surface area contributed by atoms with E-state index in [0.717, 1.165) is 5.56 Å². The lowest BCUT2D eigenvalue weighted by Gasteiger charge is -2.17. The van der Waals surface area contributed by atoms with Gasteiger partial charge in [0.05, 0.1) is 12.1 Å². The molecular formula is C11H13NO3. The number of amides is 1. The number of phenols is 1. The summed E-state index contributed by atoms with van der Waals surface area (Å²) < 4.78 is 0. The number of hydrogen-bond acceptors (Lipinski definition) is 3. The summed E-state index contributed by atoms with van der Waals surface area (Å²) in [4.78, 5) is 13.2. The lowest BCUT2D eigenvalue weighted by molar-refractivity contribution is -0.117. The number of fused-ring (bicyclic) bond motifs is 1. The summed E-state index contributed by atoms with van der Waals surface area (Å²) in [5, 5.41) is 18.4. The van der Waals surface area contributed by atoms with Crippen molar-refractivity contribution in [1.82, 2.24) is 0 Å². The van der Waals surface area contributed by atoms with Gasteiger partial charge in [-0.1, -0.05) is 12.1 Å². The molecule has 80 valence electrons. The van der Waals surface area contributed by atoms with E-state index in [1.165, 1.54) is 0 Å². The minimum atomic E-state index is -0.0139. The van der Waals surface area contributed by atoms with Gasteiger partial charge in [0.1, 0.15) is 5.75 Å². The van der Waals surface area contributed by atoms with Crippen LogP contribution in [0.1, 0.15) is 12.0 Å². The first-order valence-corrected chi connectivity index (χ1v) is 4.96. The van der Waals surface area contributed by atoms with E-state index >= 15 is 0 Å². The Balaban J connectivity index is 2.31. The molecule has 0 unspecified atom stereocenters. The Kier molecular flexibility index (Phi) is 2.60. The van der Waals surface area contributed by atoms with Crippen LogP contribution in [0, 0.1) is 0 Å². The zero-order chi connectivity index (χ0) is 10.8. The van der Waals surface area contributed by atoms with Crippen molar-refractivity contribution in [2.75, 3.05) is 18.1 Å². The van der Waals surface area contributed by atoms with Crippen LogP contribution in [0.2, 0.25) is 0 Å². The van der Waals surface area contributed by atoms with E-state index in [9.17, 15) is 9.90 Å². The van der Waals surface area contributed by atoms with E-state index in [2.05, 4.69) is 0 Å². The first-order valence-electron chi connectivity index (χ1n) is 4.96. The quantitative estimate of drug-likeness (QED) is 0.765. The molecule has 0 bridgehead atoms. The summed E-state index contributed by atoms with van der Waals surface area (Å²) in [5.74, 6) is 0.122. The smallest absolute Gasteiger partial charge is 0.231 e. The van der Waals surface area contributed by atoms with E-state index in [0.29, 0.717) is 25.1 Å². The van der Waals surface area contributed by atoms with E-state index < -0.39 is 0 Å². The van der Waals surface area contributed by atoms with Crippen LogP contribution in [0.3, 0.4) is 0 Å². The van der Waals surface area contributed by atoms with Gasteiger partial charge in [-0.3, -0.25) is 4.79 Å². The SMILES string of the molecule is O=C1Cc2cccc(O)c2N1CCCO. The Labute approximate surface area is 87.8 Å². The molecule has 2 N–H and O–H groups in total. The molecule has 0 saturated carbocycles. The van der Waals surface area contributed by atoms with E-state index in [1.54, 1.807) is 17.0 Å². The molecule has 0 radical (unpaired) electrons. The fraction of sp³-hybridized carbons (Fsp3) is 0.364. The second-order valence-corrected chi connectivity index (χ2v) is 3.58. The largest absolute Gasteiger partial charge is 0.506 e. The second-order valence-electron chi connectivity index (χ2n) is 3.58. The molecule has 4 nitrogen and oxygen atoms in total. The third-order valence-corrected chi connectivity index (χ3v) is 2.55. The molecule has 1 aromatic carbocycles. The molecule has 4 heteroatoms. The topological polar surface area (TPSA) is 60.8 Å². The van der Waals surface area contributed by atoms with Gasteiger partial charge >= 0.3 is 0 Å². The zero-order valence-electron chi connectivity index (χ0n) is 8.31. The lowest BCUT2D eigenvalue weighted by atomic mass is 10.1. The fourth-order valence-electron chi connectivity index (χ4n) is 1.88. The van der Waals surface area contributed by atoms with Crippen molar-refractivity contribution in [3.8, 4) is 5.75 Å². The van der Waals surface area contributed by atoms with Crippen LogP contribution in [0.25, 0.3) is 0 Å². The summed E-state index contributed by atoms with van der Waals surface area (Å²) >= 11 is 0. The van der Waals surface area contributed by atoms with E-state index in [4.69, 9.17) is 5.11 Å². The number of rotatable bonds is 3. The van der Waals surface area contributed by atoms with Crippen molar-refractivity contribution in [3.05, 3.63) is 23.8 Å². The van der Waals surface area contributed by atoms with Crippen LogP contribution in [0.5, 0.6) is 5.75 Å². The van der Waals surface area contributed by atoms with E-state index in [-0.39, 0.29) is 18.3 Å². The van der Waals surface area contributed by atoms with Crippen molar-refractivity contribution in [1.29, 1.82) is 0 Å². The predicted molar refractivity (Wildman–Crippen MR) is 55.9 cm³/mol. The molecule has 0 atom stereocenters. The maximum atomic E-state index is 11.6. The summed E-state index contributed by atoms with van der Waals surface area (Å²) in [7, 11) is 0. The molecule has 1 heterocycles. The number of aliphatic hydroxyl groups excluding tert-OH is 1. The number of aromatic hydroxyl groups is 1. The van der Waals surface area contributed by atoms with E-state index in [1.807, 2.05) is 6.07 Å². The first-order chi connectivity index (χ1) is 7.24. The fourth-order valence-corrected chi connectivity index (χ4v) is 1.88. The third kappa shape index (κ3) is 1.68. The van der Waals surface area contributed by atoms with Crippen LogP contribution in [0.4, 0.5) is 5.69 Å². The number of hydrogen-bond donors (Lipinski definition) is 2. The van der Waals surface area contributed by atoms with Gasteiger partial charge in [-0.15, -0.1) is 0 Å². The van der Waals surface area contributed by atoms with Crippen molar-refractivity contribution < 1.29 is 15.0 Å². The second kappa shape index (κ2) is 3.90. The van der Waals surface area contributed by atoms with Crippen molar-refractivity contribution >= 4 is 11.6 Å². The number of anilines is 1. The summed E-state index contributed by atoms with van der Waals surface area (Å²) in [6.07, 6.45) is 0.870. The van der Waals surface area contributed by atoms with Gasteiger partial charge in [0.2, 0.25) is 5.91 Å². The Bertz CT molecular complexity index is 389. The molecule has 1 aliphatic heterocycles. The Morgan fingerprint density at radius 3 is 2.93 bits per heavy atom. The number of aliphatic hydroxyl groups is 1. The van der Waals surface area contributed by atoms with Gasteiger partial charge in [0, 0.05) is 13.2 Å². The molecule has 1 aliphatic rings. The van der Waals surface area contributed by atoms with Gasteiger partial charge in [0.15, 0.2) is 0 Å². The lowest BCUT2D eigenvalue weighted by Crippen LogP contribution is -2.28. The standard InChI is InChI=1S/C11H13NO3/c13-6-2-5-12-10(15)7-8-3-1-4-9(14)11(8)12/h1,3-4,13-14H,2,5-7H2. The highest BCUT2D eigenvalue weighted by Gasteiger charge is 2.28. The maximum absolute atomic E-state index is 11.6. The first kappa shape index (κ1) is 9.98. The minimum Gasteiger partial charge on any atom is -0.506 e. The summed E-state index contributed by atoms with van der Waals surface area (Å²) in [6.45, 7) is 0.507. The van der Waals surface area contributed by atoms with Crippen molar-refractivity contribution in [2.24, 2.45) is 0 Å². The molecule has 0 aliphatic carbocycles. The van der Waals surface area contributed by atoms with Crippen LogP contribution >= 0.6 is 0 Å². The Hall–Kier alpha value is -1.55. The van der Waals surface area contributed by atoms with Crippen LogP contribution in [-0.4, -0.2) is 29.3 Å². The highest BCUT2D eigenvalue weighted by atomic mass is 16.3. The summed E-state index contributed by atoms with van der Waals surface area (Å²) in [6, 6.07) is 5.15. The van der Waals surface area contributed by atoms with Crippen LogP contribution in [-0.2, 0) is 11.2 Å². The minimum absolute atomic E-state index is 0.0139. The summed E-state index contributed by atoms with van der Waals surface area (Å²) in [5.41, 5.74) is 1.47. The average Bonchev–Trinajstić information content (AvgIpc) is 2.53. The van der Waals surface area contributed by atoms with Gasteiger partial charge < -0.3 is 15.1 Å². The molecule has 0 aromatic heterocycles. The molecule has 1 aromatic rings. The van der Waals surface area contributed by atoms with Crippen molar-refractivity contribution in [3.63, 3.8) is 0 Å². The Morgan fingerprint density at radius 1 is 1.40 bits per heavy atom. The number of carbonyl (C=O) groups is 1. The van der Waals surface area contributed by atoms with Crippen LogP contribution in [0.15, 0.2) is 18.2 Å². The average molecular weight is 207 g/mol. The third-order valence-electron chi connectivity index (χ3n) is 2.55. The molecule has 0 spiro atoms. The number of benzene rings is 1. The number of para-hydroxylation sites is 1. The molecule has 0 saturated heterocycles. The Morgan fingerprint density at radius 2 is 2.20 bits per heavy atom. The highest BCUT2D eigenvalue weighted by Crippen LogP contribution is 2.36. The van der Waals surface area contributed by atoms with Gasteiger partial charge in [-0.2, -0.15) is 0 Å². The molecular weight excluding hydrogens is 194 g/mol. The highest BCUT2D eigenvalue weighted by molar-refractivity contribution is 6.03. The van der Waals surface area contributed by atoms with Crippen molar-refractivity contribution in [2.45, 2.75) is 12.8 Å². The molecule has 2 rings (SSSR count). The number of phenolic OH excluding ortho intramolecular Hbond substituents is 1. The zero-order valence-corrected chi connectivity index (χ0v) is 8.31. The normalized spacial score (nSPS) is 14.5. The molecule has 1 amide bonds. The number of nitrogens with zero attached hydrogens (tertiary/aromatic N) is 1. The van der Waals surface area contributed by atoms with Crippen LogP contribution < -0.4 is 4.90 Å². The van der Waals surface area contributed by atoms with Gasteiger partial charge in [-0.25, -0.2) is 0 Å². The predicted octanol–water partition coefficient (Wildman–Crippen LogP) is 0.664. The maximum Gasteiger partial charge on any atom is 0.231 e. The van der Waals surface area contributed by atoms with Gasteiger partial charge in [0.25, 0.3) is 0 Å². The molecule has 0 fully saturated rings. The monoisotopic (exact) mass is 207 g/mol. The number of carbonyl (C=O) groups excluding carboxylic acids is 1. The molecule has 15 heavy (non-hydrogen) atoms. The van der Waals surface area contributed by atoms with Gasteiger partial charge in [-0.05, 0) is 18.1 Å².